The number of hydrogen-bond acceptors (Lipinski definition) is 4. The van der Waals surface area contributed by atoms with Gasteiger partial charge in [0.1, 0.15) is 0 Å². The fourth-order valence-electron chi connectivity index (χ4n) is 2.11. The number of nitrogens with two attached hydrogens (primary N) is 1. The van der Waals surface area contributed by atoms with Gasteiger partial charge in [-0.25, -0.2) is 0 Å². The fraction of sp³-hybridized carbons (Fsp3) is 0.500. The van der Waals surface area contributed by atoms with Crippen LogP contribution in [-0.4, -0.2) is 53.9 Å². The van der Waals surface area contributed by atoms with Crippen LogP contribution in [0, 0.1) is 0 Å². The van der Waals surface area contributed by atoms with E-state index < -0.39 is 0 Å². The average molecular weight is 234 g/mol. The summed E-state index contributed by atoms with van der Waals surface area (Å²) in [4.78, 5) is 19.7. The first-order valence-corrected chi connectivity index (χ1v) is 5.80. The minimum absolute atomic E-state index is 0.0846. The smallest absolute Gasteiger partial charge is 0.236 e. The maximum absolute atomic E-state index is 11.7. The lowest BCUT2D eigenvalue weighted by atomic mass is 10.1. The van der Waals surface area contributed by atoms with Crippen molar-refractivity contribution in [2.75, 3.05) is 33.2 Å². The van der Waals surface area contributed by atoms with Gasteiger partial charge in [-0.2, -0.15) is 0 Å². The minimum Gasteiger partial charge on any atom is -0.343 e. The fourth-order valence-corrected chi connectivity index (χ4v) is 2.11. The molecule has 1 aromatic heterocycles. The largest absolute Gasteiger partial charge is 0.343 e. The van der Waals surface area contributed by atoms with Crippen molar-refractivity contribution >= 4 is 5.91 Å². The summed E-state index contributed by atoms with van der Waals surface area (Å²) in [5.41, 5.74) is 6.90. The molecule has 0 aromatic carbocycles. The van der Waals surface area contributed by atoms with E-state index in [9.17, 15) is 4.79 Å². The molecule has 1 saturated heterocycles. The van der Waals surface area contributed by atoms with E-state index in [1.807, 2.05) is 25.4 Å². The molecule has 1 aliphatic heterocycles. The highest BCUT2D eigenvalue weighted by molar-refractivity contribution is 5.78. The average Bonchev–Trinajstić information content (AvgIpc) is 2.36. The first kappa shape index (κ1) is 12.0. The first-order chi connectivity index (χ1) is 8.22. The zero-order valence-electron chi connectivity index (χ0n) is 10.0. The predicted octanol–water partition coefficient (Wildman–Crippen LogP) is -0.145. The van der Waals surface area contributed by atoms with E-state index in [1.165, 1.54) is 0 Å². The third-order valence-corrected chi connectivity index (χ3v) is 3.22. The third-order valence-electron chi connectivity index (χ3n) is 3.22. The molecule has 5 nitrogen and oxygen atoms in total. The Kier molecular flexibility index (Phi) is 3.71. The van der Waals surface area contributed by atoms with Crippen molar-refractivity contribution in [2.45, 2.75) is 6.04 Å². The minimum atomic E-state index is 0.0846. The van der Waals surface area contributed by atoms with E-state index in [4.69, 9.17) is 5.73 Å². The lowest BCUT2D eigenvalue weighted by molar-refractivity contribution is -0.135. The summed E-state index contributed by atoms with van der Waals surface area (Å²) in [5, 5.41) is 0. The van der Waals surface area contributed by atoms with Gasteiger partial charge in [-0.15, -0.1) is 0 Å². The van der Waals surface area contributed by atoms with Crippen molar-refractivity contribution in [3.05, 3.63) is 30.1 Å². The highest BCUT2D eigenvalue weighted by Crippen LogP contribution is 2.20. The van der Waals surface area contributed by atoms with Crippen LogP contribution in [0.3, 0.4) is 0 Å². The summed E-state index contributed by atoms with van der Waals surface area (Å²) >= 11 is 0. The molecule has 17 heavy (non-hydrogen) atoms. The van der Waals surface area contributed by atoms with Gasteiger partial charge in [-0.1, -0.05) is 6.07 Å². The number of hydrogen-bond donors (Lipinski definition) is 1. The molecule has 0 radical (unpaired) electrons. The van der Waals surface area contributed by atoms with Gasteiger partial charge in [0.2, 0.25) is 5.91 Å². The summed E-state index contributed by atoms with van der Waals surface area (Å²) in [5.74, 6) is 0.151. The van der Waals surface area contributed by atoms with Crippen molar-refractivity contribution in [1.29, 1.82) is 0 Å². The molecule has 92 valence electrons. The zero-order valence-corrected chi connectivity index (χ0v) is 10.0. The van der Waals surface area contributed by atoms with Crippen molar-refractivity contribution in [3.63, 3.8) is 0 Å². The molecule has 2 heterocycles. The Labute approximate surface area is 101 Å². The molecule has 2 rings (SSSR count). The molecule has 1 aromatic rings. The van der Waals surface area contributed by atoms with Crippen molar-refractivity contribution < 1.29 is 4.79 Å². The Hall–Kier alpha value is -1.46. The monoisotopic (exact) mass is 234 g/mol. The summed E-state index contributed by atoms with van der Waals surface area (Å²) in [6, 6.07) is 3.99. The number of aromatic nitrogens is 1. The van der Waals surface area contributed by atoms with E-state index in [0.717, 1.165) is 18.7 Å². The summed E-state index contributed by atoms with van der Waals surface area (Å²) in [6.45, 7) is 2.56. The van der Waals surface area contributed by atoms with Crippen LogP contribution in [0.5, 0.6) is 0 Å². The van der Waals surface area contributed by atoms with Gasteiger partial charge in [-0.3, -0.25) is 14.7 Å². The van der Waals surface area contributed by atoms with E-state index in [0.29, 0.717) is 13.1 Å². The van der Waals surface area contributed by atoms with Gasteiger partial charge in [0.05, 0.1) is 6.54 Å². The molecule has 0 bridgehead atoms. The molecule has 1 amide bonds. The van der Waals surface area contributed by atoms with E-state index in [1.54, 1.807) is 11.1 Å². The standard InChI is InChI=1S/C12H18N4O/c1-15-5-6-16(9-12(15)17)11(7-13)10-3-2-4-14-8-10/h2-4,8,11H,5-7,9,13H2,1H3. The maximum Gasteiger partial charge on any atom is 0.236 e. The van der Waals surface area contributed by atoms with Crippen LogP contribution in [0.1, 0.15) is 11.6 Å². The quantitative estimate of drug-likeness (QED) is 0.790. The maximum atomic E-state index is 11.7. The van der Waals surface area contributed by atoms with Crippen LogP contribution in [0.25, 0.3) is 0 Å². The number of nitrogens with zero attached hydrogens (tertiary/aromatic N) is 3. The molecule has 0 saturated carbocycles. The predicted molar refractivity (Wildman–Crippen MR) is 65.2 cm³/mol. The summed E-state index contributed by atoms with van der Waals surface area (Å²) in [7, 11) is 1.83. The van der Waals surface area contributed by atoms with Gasteiger partial charge >= 0.3 is 0 Å². The normalized spacial score (nSPS) is 19.4. The van der Waals surface area contributed by atoms with Crippen LogP contribution in [0.2, 0.25) is 0 Å². The Morgan fingerprint density at radius 3 is 2.94 bits per heavy atom. The van der Waals surface area contributed by atoms with Crippen LogP contribution in [0.4, 0.5) is 0 Å². The topological polar surface area (TPSA) is 62.5 Å². The van der Waals surface area contributed by atoms with Crippen LogP contribution in [0.15, 0.2) is 24.5 Å². The second-order valence-electron chi connectivity index (χ2n) is 4.32. The van der Waals surface area contributed by atoms with Crippen LogP contribution in [-0.2, 0) is 4.79 Å². The van der Waals surface area contributed by atoms with Crippen LogP contribution < -0.4 is 5.73 Å². The number of rotatable bonds is 3. The Bertz CT molecular complexity index is 381. The number of pyridine rings is 1. The van der Waals surface area contributed by atoms with Crippen molar-refractivity contribution in [1.82, 2.24) is 14.8 Å². The Morgan fingerprint density at radius 2 is 2.35 bits per heavy atom. The van der Waals surface area contributed by atoms with Gasteiger partial charge in [0, 0.05) is 45.1 Å². The zero-order chi connectivity index (χ0) is 12.3. The number of likely N-dealkylation sites (N-methyl/N-ethyl adjacent to an activating group) is 1. The molecular formula is C12H18N4O. The summed E-state index contributed by atoms with van der Waals surface area (Å²) in [6.07, 6.45) is 3.56. The molecule has 1 fully saturated rings. The molecule has 5 heteroatoms. The lowest BCUT2D eigenvalue weighted by Gasteiger charge is -2.37. The highest BCUT2D eigenvalue weighted by atomic mass is 16.2. The molecule has 0 aliphatic carbocycles. The van der Waals surface area contributed by atoms with Gasteiger partial charge in [-0.05, 0) is 11.6 Å². The molecule has 1 unspecified atom stereocenters. The molecule has 1 atom stereocenters. The number of amides is 1. The molecule has 1 aliphatic rings. The number of carbonyl (C=O) groups excluding carboxylic acids is 1. The van der Waals surface area contributed by atoms with Gasteiger partial charge in [0.15, 0.2) is 0 Å². The molecule has 2 N–H and O–H groups in total. The van der Waals surface area contributed by atoms with E-state index >= 15 is 0 Å². The van der Waals surface area contributed by atoms with Crippen molar-refractivity contribution in [3.8, 4) is 0 Å². The second kappa shape index (κ2) is 5.25. The molecular weight excluding hydrogens is 216 g/mol. The van der Waals surface area contributed by atoms with Gasteiger partial charge in [0.25, 0.3) is 0 Å². The number of carbonyl (C=O) groups is 1. The number of piperazine rings is 1. The van der Waals surface area contributed by atoms with E-state index in [2.05, 4.69) is 9.88 Å². The Morgan fingerprint density at radius 1 is 1.53 bits per heavy atom. The molecule has 0 spiro atoms. The lowest BCUT2D eigenvalue weighted by Crippen LogP contribution is -2.50. The van der Waals surface area contributed by atoms with Crippen LogP contribution >= 0.6 is 0 Å². The first-order valence-electron chi connectivity index (χ1n) is 5.80. The highest BCUT2D eigenvalue weighted by Gasteiger charge is 2.27. The van der Waals surface area contributed by atoms with E-state index in [-0.39, 0.29) is 11.9 Å². The van der Waals surface area contributed by atoms with Gasteiger partial charge < -0.3 is 10.6 Å². The third kappa shape index (κ3) is 2.62. The van der Waals surface area contributed by atoms with Crippen molar-refractivity contribution in [2.24, 2.45) is 5.73 Å². The SMILES string of the molecule is CN1CCN(C(CN)c2cccnc2)CC1=O. The Balaban J connectivity index is 2.12. The summed E-state index contributed by atoms with van der Waals surface area (Å²) < 4.78 is 0. The second-order valence-corrected chi connectivity index (χ2v) is 4.32.